The van der Waals surface area contributed by atoms with Gasteiger partial charge in [-0.3, -0.25) is 5.41 Å². The lowest BCUT2D eigenvalue weighted by Crippen LogP contribution is -2.33. The molecule has 1 N–H and O–H groups in total. The molecule has 0 atom stereocenters. The first kappa shape index (κ1) is 10.0. The summed E-state index contributed by atoms with van der Waals surface area (Å²) in [6.45, 7) is 6.56. The Morgan fingerprint density at radius 3 is 2.43 bits per heavy atom. The van der Waals surface area contributed by atoms with Crippen molar-refractivity contribution in [2.45, 2.75) is 46.0 Å². The number of rotatable bonds is 1. The molecule has 2 heteroatoms. The summed E-state index contributed by atoms with van der Waals surface area (Å²) < 4.78 is 0. The van der Waals surface area contributed by atoms with Crippen molar-refractivity contribution in [1.29, 1.82) is 5.41 Å². The second-order valence-electron chi connectivity index (χ2n) is 5.42. The molecule has 1 heterocycles. The Morgan fingerprint density at radius 1 is 1.21 bits per heavy atom. The van der Waals surface area contributed by atoms with E-state index in [0.717, 1.165) is 12.4 Å². The molecule has 1 saturated carbocycles. The molecular formula is C12H22N2. The Bertz CT molecular complexity index is 226. The van der Waals surface area contributed by atoms with Crippen LogP contribution in [0.25, 0.3) is 0 Å². The van der Waals surface area contributed by atoms with Crippen LogP contribution in [0, 0.1) is 16.7 Å². The molecule has 0 aromatic carbocycles. The van der Waals surface area contributed by atoms with Gasteiger partial charge < -0.3 is 4.90 Å². The summed E-state index contributed by atoms with van der Waals surface area (Å²) in [7, 11) is 0. The molecule has 0 unspecified atom stereocenters. The third-order valence-corrected chi connectivity index (χ3v) is 3.99. The van der Waals surface area contributed by atoms with Crippen LogP contribution in [0.4, 0.5) is 0 Å². The lowest BCUT2D eigenvalue weighted by molar-refractivity contribution is 0.308. The summed E-state index contributed by atoms with van der Waals surface area (Å²) in [5.74, 6) is 1.25. The molecule has 2 rings (SSSR count). The Kier molecular flexibility index (Phi) is 2.54. The second kappa shape index (κ2) is 3.56. The van der Waals surface area contributed by atoms with Crippen molar-refractivity contribution in [3.63, 3.8) is 0 Å². The molecule has 0 amide bonds. The van der Waals surface area contributed by atoms with E-state index in [1.165, 1.54) is 38.6 Å². The normalized spacial score (nSPS) is 25.2. The molecule has 0 radical (unpaired) electrons. The fourth-order valence-electron chi connectivity index (χ4n) is 3.04. The summed E-state index contributed by atoms with van der Waals surface area (Å²) in [6.07, 6.45) is 7.00. The highest BCUT2D eigenvalue weighted by Crippen LogP contribution is 2.45. The van der Waals surface area contributed by atoms with Gasteiger partial charge >= 0.3 is 0 Å². The van der Waals surface area contributed by atoms with Crippen LogP contribution >= 0.6 is 0 Å². The average molecular weight is 194 g/mol. The van der Waals surface area contributed by atoms with Gasteiger partial charge in [-0.05, 0) is 24.7 Å². The highest BCUT2D eigenvalue weighted by atomic mass is 15.2. The van der Waals surface area contributed by atoms with Crippen LogP contribution in [0.5, 0.6) is 0 Å². The van der Waals surface area contributed by atoms with E-state index < -0.39 is 0 Å². The number of nitrogens with zero attached hydrogens (tertiary/aromatic N) is 1. The molecule has 80 valence electrons. The van der Waals surface area contributed by atoms with Gasteiger partial charge in [0.15, 0.2) is 0 Å². The molecule has 2 aliphatic rings. The Hall–Kier alpha value is -0.530. The van der Waals surface area contributed by atoms with Crippen LogP contribution in [-0.2, 0) is 0 Å². The third-order valence-electron chi connectivity index (χ3n) is 3.99. The first-order valence-corrected chi connectivity index (χ1v) is 5.96. The first-order chi connectivity index (χ1) is 6.63. The fourth-order valence-corrected chi connectivity index (χ4v) is 3.04. The van der Waals surface area contributed by atoms with Gasteiger partial charge in [-0.2, -0.15) is 0 Å². The highest BCUT2D eigenvalue weighted by Gasteiger charge is 2.40. The molecule has 0 bridgehead atoms. The van der Waals surface area contributed by atoms with Crippen molar-refractivity contribution in [1.82, 2.24) is 4.90 Å². The molecule has 14 heavy (non-hydrogen) atoms. The predicted molar refractivity (Wildman–Crippen MR) is 59.7 cm³/mol. The summed E-state index contributed by atoms with van der Waals surface area (Å²) in [4.78, 5) is 2.32. The Balaban J connectivity index is 1.97. The van der Waals surface area contributed by atoms with Crippen LogP contribution in [0.3, 0.4) is 0 Å². The maximum atomic E-state index is 8.01. The summed E-state index contributed by atoms with van der Waals surface area (Å²) in [6, 6.07) is 0. The number of amidine groups is 1. The summed E-state index contributed by atoms with van der Waals surface area (Å²) in [5.41, 5.74) is 0.612. The Labute approximate surface area is 87.2 Å². The van der Waals surface area contributed by atoms with Crippen molar-refractivity contribution in [2.75, 3.05) is 13.1 Å². The zero-order valence-electron chi connectivity index (χ0n) is 9.47. The van der Waals surface area contributed by atoms with E-state index in [4.69, 9.17) is 5.41 Å². The minimum Gasteiger partial charge on any atom is -0.360 e. The maximum Gasteiger partial charge on any atom is 0.0984 e. The molecule has 1 saturated heterocycles. The predicted octanol–water partition coefficient (Wildman–Crippen LogP) is 2.89. The van der Waals surface area contributed by atoms with E-state index in [-0.39, 0.29) is 0 Å². The van der Waals surface area contributed by atoms with E-state index in [1.807, 2.05) is 0 Å². The molecule has 1 spiro atoms. The van der Waals surface area contributed by atoms with Gasteiger partial charge in [-0.25, -0.2) is 0 Å². The van der Waals surface area contributed by atoms with E-state index >= 15 is 0 Å². The highest BCUT2D eigenvalue weighted by molar-refractivity contribution is 5.81. The van der Waals surface area contributed by atoms with Gasteiger partial charge in [-0.1, -0.05) is 26.7 Å². The molecule has 2 nitrogen and oxygen atoms in total. The van der Waals surface area contributed by atoms with Crippen LogP contribution < -0.4 is 0 Å². The van der Waals surface area contributed by atoms with Crippen LogP contribution in [0.15, 0.2) is 0 Å². The van der Waals surface area contributed by atoms with Crippen molar-refractivity contribution in [3.05, 3.63) is 0 Å². The number of hydrogen-bond donors (Lipinski definition) is 1. The van der Waals surface area contributed by atoms with E-state index in [0.29, 0.717) is 11.3 Å². The van der Waals surface area contributed by atoms with E-state index in [2.05, 4.69) is 18.7 Å². The van der Waals surface area contributed by atoms with Crippen molar-refractivity contribution >= 4 is 5.84 Å². The Morgan fingerprint density at radius 2 is 1.86 bits per heavy atom. The molecule has 1 aliphatic carbocycles. The molecule has 0 aromatic rings. The topological polar surface area (TPSA) is 27.1 Å². The van der Waals surface area contributed by atoms with Gasteiger partial charge in [0.2, 0.25) is 0 Å². The number of hydrogen-bond acceptors (Lipinski definition) is 1. The van der Waals surface area contributed by atoms with Gasteiger partial charge in [0.25, 0.3) is 0 Å². The molecular weight excluding hydrogens is 172 g/mol. The maximum absolute atomic E-state index is 8.01. The fraction of sp³-hybridized carbons (Fsp3) is 0.917. The van der Waals surface area contributed by atoms with E-state index in [9.17, 15) is 0 Å². The van der Waals surface area contributed by atoms with Crippen molar-refractivity contribution < 1.29 is 0 Å². The zero-order chi connectivity index (χ0) is 10.2. The lowest BCUT2D eigenvalue weighted by Gasteiger charge is -2.26. The minimum absolute atomic E-state index is 0.395. The molecule has 0 aromatic heterocycles. The third kappa shape index (κ3) is 1.67. The van der Waals surface area contributed by atoms with Crippen LogP contribution in [0.1, 0.15) is 46.0 Å². The summed E-state index contributed by atoms with van der Waals surface area (Å²) in [5, 5.41) is 8.01. The molecule has 1 aliphatic heterocycles. The largest absolute Gasteiger partial charge is 0.360 e. The van der Waals surface area contributed by atoms with Gasteiger partial charge in [0, 0.05) is 19.0 Å². The summed E-state index contributed by atoms with van der Waals surface area (Å²) >= 11 is 0. The number of nitrogens with one attached hydrogen (secondary N) is 1. The first-order valence-electron chi connectivity index (χ1n) is 5.96. The second-order valence-corrected chi connectivity index (χ2v) is 5.42. The van der Waals surface area contributed by atoms with Gasteiger partial charge in [0.05, 0.1) is 5.84 Å². The smallest absolute Gasteiger partial charge is 0.0984 e. The minimum atomic E-state index is 0.395. The molecule has 2 fully saturated rings. The monoisotopic (exact) mass is 194 g/mol. The number of likely N-dealkylation sites (tertiary alicyclic amines) is 1. The SMILES string of the molecule is CC(C)C(=N)N1CCC2(CCCC2)C1. The van der Waals surface area contributed by atoms with Crippen LogP contribution in [0.2, 0.25) is 0 Å². The van der Waals surface area contributed by atoms with Gasteiger partial charge in [-0.15, -0.1) is 0 Å². The van der Waals surface area contributed by atoms with E-state index in [1.54, 1.807) is 0 Å². The van der Waals surface area contributed by atoms with Gasteiger partial charge in [0.1, 0.15) is 0 Å². The zero-order valence-corrected chi connectivity index (χ0v) is 9.47. The standard InChI is InChI=1S/C12H22N2/c1-10(2)11(13)14-8-7-12(9-14)5-3-4-6-12/h10,13H,3-9H2,1-2H3. The van der Waals surface area contributed by atoms with Crippen LogP contribution in [-0.4, -0.2) is 23.8 Å². The van der Waals surface area contributed by atoms with Crippen molar-refractivity contribution in [2.24, 2.45) is 11.3 Å². The average Bonchev–Trinajstić information content (AvgIpc) is 2.76. The quantitative estimate of drug-likeness (QED) is 0.504. The van der Waals surface area contributed by atoms with Crippen molar-refractivity contribution in [3.8, 4) is 0 Å². The lowest BCUT2D eigenvalue weighted by atomic mass is 9.86.